The lowest BCUT2D eigenvalue weighted by Gasteiger charge is -2.31. The van der Waals surface area contributed by atoms with E-state index in [2.05, 4.69) is 0 Å². The van der Waals surface area contributed by atoms with Crippen molar-refractivity contribution in [2.75, 3.05) is 7.11 Å². The Morgan fingerprint density at radius 3 is 2.36 bits per heavy atom. The maximum Gasteiger partial charge on any atom is 0.126 e. The van der Waals surface area contributed by atoms with Crippen molar-refractivity contribution < 1.29 is 9.13 Å². The molecule has 1 rings (SSSR count). The van der Waals surface area contributed by atoms with Gasteiger partial charge in [0, 0.05) is 12.5 Å². The highest BCUT2D eigenvalue weighted by Gasteiger charge is 2.29. The highest BCUT2D eigenvalue weighted by Crippen LogP contribution is 2.40. The van der Waals surface area contributed by atoms with Crippen molar-refractivity contribution >= 4 is 0 Å². The van der Waals surface area contributed by atoms with Gasteiger partial charge in [0.15, 0.2) is 0 Å². The van der Waals surface area contributed by atoms with Crippen LogP contribution in [0.2, 0.25) is 0 Å². The summed E-state index contributed by atoms with van der Waals surface area (Å²) in [4.78, 5) is 0. The molecule has 80 valence electrons. The average molecular weight is 198 g/mol. The van der Waals surface area contributed by atoms with Crippen molar-refractivity contribution in [3.63, 3.8) is 0 Å². The molecule has 0 aliphatic heterocycles. The third-order valence-corrected chi connectivity index (χ3v) is 2.62. The van der Waals surface area contributed by atoms with Crippen molar-refractivity contribution in [1.29, 1.82) is 0 Å². The van der Waals surface area contributed by atoms with Crippen molar-refractivity contribution in [2.45, 2.75) is 34.1 Å². The Bertz CT molecular complexity index is 281. The third kappa shape index (κ3) is 2.17. The molecule has 0 aromatic carbocycles. The van der Waals surface area contributed by atoms with E-state index in [9.17, 15) is 4.39 Å². The van der Waals surface area contributed by atoms with Gasteiger partial charge in [0.25, 0.3) is 0 Å². The summed E-state index contributed by atoms with van der Waals surface area (Å²) in [6, 6.07) is 0. The molecule has 1 aliphatic carbocycles. The van der Waals surface area contributed by atoms with Gasteiger partial charge in [-0.15, -0.1) is 0 Å². The number of allylic oxidation sites excluding steroid dienone is 4. The van der Waals surface area contributed by atoms with E-state index in [4.69, 9.17) is 4.74 Å². The number of hydrogen-bond donors (Lipinski definition) is 0. The molecule has 0 heterocycles. The minimum Gasteiger partial charge on any atom is -0.501 e. The van der Waals surface area contributed by atoms with E-state index in [1.165, 1.54) is 6.08 Å². The van der Waals surface area contributed by atoms with Crippen LogP contribution in [0, 0.1) is 11.3 Å². The summed E-state index contributed by atoms with van der Waals surface area (Å²) in [5.74, 6) is 0.853. The second-order valence-electron chi connectivity index (χ2n) is 4.93. The van der Waals surface area contributed by atoms with Gasteiger partial charge in [-0.2, -0.15) is 0 Å². The molecule has 0 aromatic heterocycles. The minimum atomic E-state index is -0.117. The summed E-state index contributed by atoms with van der Waals surface area (Å²) in [5.41, 5.74) is 0.803. The molecule has 2 heteroatoms. The normalized spacial score (nSPS) is 23.6. The predicted octanol–water partition coefficient (Wildman–Crippen LogP) is 3.83. The largest absolute Gasteiger partial charge is 0.501 e. The van der Waals surface area contributed by atoms with E-state index in [1.54, 1.807) is 7.11 Å². The molecular formula is C12H19FO. The first kappa shape index (κ1) is 11.3. The third-order valence-electron chi connectivity index (χ3n) is 2.62. The zero-order valence-electron chi connectivity index (χ0n) is 9.65. The first-order chi connectivity index (χ1) is 6.36. The lowest BCUT2D eigenvalue weighted by Crippen LogP contribution is -2.20. The number of methoxy groups -OCH3 is 1. The zero-order chi connectivity index (χ0) is 10.9. The minimum absolute atomic E-state index is 0.0979. The molecule has 1 nitrogen and oxygen atoms in total. The average Bonchev–Trinajstić information content (AvgIpc) is 1.99. The van der Waals surface area contributed by atoms with Crippen LogP contribution in [0.5, 0.6) is 0 Å². The van der Waals surface area contributed by atoms with Crippen LogP contribution in [0.1, 0.15) is 34.1 Å². The first-order valence-corrected chi connectivity index (χ1v) is 5.01. The van der Waals surface area contributed by atoms with Gasteiger partial charge < -0.3 is 4.74 Å². The Hall–Kier alpha value is -0.790. The molecule has 0 saturated heterocycles. The van der Waals surface area contributed by atoms with E-state index >= 15 is 0 Å². The smallest absolute Gasteiger partial charge is 0.126 e. The van der Waals surface area contributed by atoms with Crippen molar-refractivity contribution in [3.8, 4) is 0 Å². The van der Waals surface area contributed by atoms with Crippen molar-refractivity contribution in [3.05, 3.63) is 23.2 Å². The highest BCUT2D eigenvalue weighted by molar-refractivity contribution is 5.32. The van der Waals surface area contributed by atoms with Gasteiger partial charge in [0.2, 0.25) is 0 Å². The first-order valence-electron chi connectivity index (χ1n) is 5.01. The van der Waals surface area contributed by atoms with Gasteiger partial charge in [-0.05, 0) is 16.9 Å². The molecule has 1 atom stereocenters. The zero-order valence-corrected chi connectivity index (χ0v) is 9.65. The van der Waals surface area contributed by atoms with Gasteiger partial charge >= 0.3 is 0 Å². The lowest BCUT2D eigenvalue weighted by molar-refractivity contribution is 0.253. The van der Waals surface area contributed by atoms with Crippen LogP contribution in [0.15, 0.2) is 23.2 Å². The maximum absolute atomic E-state index is 13.8. The summed E-state index contributed by atoms with van der Waals surface area (Å²) >= 11 is 0. The molecule has 0 bridgehead atoms. The Kier molecular flexibility index (Phi) is 3.03. The van der Waals surface area contributed by atoms with E-state index in [0.717, 1.165) is 17.8 Å². The number of ether oxygens (including phenoxy) is 1. The van der Waals surface area contributed by atoms with Gasteiger partial charge in [-0.3, -0.25) is 0 Å². The van der Waals surface area contributed by atoms with E-state index in [0.29, 0.717) is 0 Å². The Balaban J connectivity index is 3.09. The van der Waals surface area contributed by atoms with Crippen LogP contribution in [0.3, 0.4) is 0 Å². The molecule has 0 spiro atoms. The second-order valence-corrected chi connectivity index (χ2v) is 4.93. The van der Waals surface area contributed by atoms with Crippen LogP contribution < -0.4 is 0 Å². The molecule has 0 saturated carbocycles. The molecule has 0 radical (unpaired) electrons. The topological polar surface area (TPSA) is 9.23 Å². The van der Waals surface area contributed by atoms with Gasteiger partial charge in [0.1, 0.15) is 5.83 Å². The molecule has 1 unspecified atom stereocenters. The van der Waals surface area contributed by atoms with Gasteiger partial charge in [-0.25, -0.2) is 4.39 Å². The quantitative estimate of drug-likeness (QED) is 0.622. The van der Waals surface area contributed by atoms with Crippen LogP contribution >= 0.6 is 0 Å². The molecule has 0 amide bonds. The van der Waals surface area contributed by atoms with E-state index in [-0.39, 0.29) is 17.2 Å². The number of hydrogen-bond acceptors (Lipinski definition) is 1. The molecule has 1 aliphatic rings. The van der Waals surface area contributed by atoms with Crippen molar-refractivity contribution in [1.82, 2.24) is 0 Å². The van der Waals surface area contributed by atoms with Crippen LogP contribution in [-0.2, 0) is 4.74 Å². The molecule has 0 aromatic rings. The van der Waals surface area contributed by atoms with Gasteiger partial charge in [-0.1, -0.05) is 27.7 Å². The summed E-state index contributed by atoms with van der Waals surface area (Å²) in [6.07, 6.45) is 2.32. The lowest BCUT2D eigenvalue weighted by atomic mass is 9.75. The molecule has 14 heavy (non-hydrogen) atoms. The fraction of sp³-hybridized carbons (Fsp3) is 0.667. The highest BCUT2D eigenvalue weighted by atomic mass is 19.1. The van der Waals surface area contributed by atoms with Crippen LogP contribution in [0.25, 0.3) is 0 Å². The number of rotatable bonds is 1. The second kappa shape index (κ2) is 3.76. The monoisotopic (exact) mass is 198 g/mol. The van der Waals surface area contributed by atoms with Gasteiger partial charge in [0.05, 0.1) is 12.9 Å². The Labute approximate surface area is 85.6 Å². The van der Waals surface area contributed by atoms with Crippen LogP contribution in [-0.4, -0.2) is 7.11 Å². The fourth-order valence-corrected chi connectivity index (χ4v) is 2.16. The van der Waals surface area contributed by atoms with E-state index in [1.807, 2.05) is 27.7 Å². The predicted molar refractivity (Wildman–Crippen MR) is 56.5 cm³/mol. The Morgan fingerprint density at radius 1 is 1.43 bits per heavy atom. The van der Waals surface area contributed by atoms with E-state index < -0.39 is 0 Å². The summed E-state index contributed by atoms with van der Waals surface area (Å²) in [6.45, 7) is 8.18. The van der Waals surface area contributed by atoms with Crippen molar-refractivity contribution in [2.24, 2.45) is 11.3 Å². The summed E-state index contributed by atoms with van der Waals surface area (Å²) < 4.78 is 18.8. The number of halogens is 1. The molecular weight excluding hydrogens is 179 g/mol. The SMILES string of the molecule is COC1=CC(F)=C(C(C)(C)C)C(C)C1. The molecule has 0 fully saturated rings. The standard InChI is InChI=1S/C12H19FO/c1-8-6-9(14-5)7-10(13)11(8)12(2,3)4/h7-8H,6H2,1-5H3. The Morgan fingerprint density at radius 2 is 2.00 bits per heavy atom. The summed E-state index contributed by atoms with van der Waals surface area (Å²) in [5, 5.41) is 0. The summed E-state index contributed by atoms with van der Waals surface area (Å²) in [7, 11) is 1.59. The molecule has 0 N–H and O–H groups in total. The van der Waals surface area contributed by atoms with Crippen LogP contribution in [0.4, 0.5) is 4.39 Å². The fourth-order valence-electron chi connectivity index (χ4n) is 2.16. The maximum atomic E-state index is 13.8.